The number of ether oxygens (including phenoxy) is 2. The van der Waals surface area contributed by atoms with Gasteiger partial charge in [-0.1, -0.05) is 11.6 Å². The van der Waals surface area contributed by atoms with Gasteiger partial charge in [0.15, 0.2) is 6.10 Å². The summed E-state index contributed by atoms with van der Waals surface area (Å²) in [6.07, 6.45) is 0.0554. The summed E-state index contributed by atoms with van der Waals surface area (Å²) < 4.78 is 11.0. The number of hydrogen-bond acceptors (Lipinski definition) is 5. The number of thiazole rings is 1. The van der Waals surface area contributed by atoms with E-state index in [1.54, 1.807) is 25.4 Å². The molecule has 3 aromatic rings. The molecule has 0 radical (unpaired) electrons. The second kappa shape index (κ2) is 9.96. The van der Waals surface area contributed by atoms with Crippen molar-refractivity contribution < 1.29 is 14.3 Å². The molecule has 7 heteroatoms. The third-order valence-corrected chi connectivity index (χ3v) is 6.20. The van der Waals surface area contributed by atoms with E-state index in [1.807, 2.05) is 55.6 Å². The van der Waals surface area contributed by atoms with E-state index >= 15 is 0 Å². The molecule has 0 fully saturated rings. The first-order valence-corrected chi connectivity index (χ1v) is 10.9. The molecule has 1 aromatic heterocycles. The summed E-state index contributed by atoms with van der Waals surface area (Å²) in [7, 11) is 1.65. The molecule has 158 valence electrons. The number of methoxy groups -OCH3 is 1. The lowest BCUT2D eigenvalue weighted by Crippen LogP contribution is -2.37. The van der Waals surface area contributed by atoms with Crippen LogP contribution in [-0.2, 0) is 11.2 Å². The predicted molar refractivity (Wildman–Crippen MR) is 122 cm³/mol. The standard InChI is InChI=1S/C23H25ClN2O3S/c1-14-11-20(12-15(2)21(14)24)29-16(3)22(27)25-10-9-18-13-30-23(26-18)17-5-7-19(28-4)8-6-17/h5-8,11-13,16H,9-10H2,1-4H3,(H,25,27)/t16-/m1/s1. The molecular formula is C23H25ClN2O3S. The number of carbonyl (C=O) groups excluding carboxylic acids is 1. The van der Waals surface area contributed by atoms with Crippen molar-refractivity contribution in [3.05, 3.63) is 63.6 Å². The van der Waals surface area contributed by atoms with E-state index in [2.05, 4.69) is 10.3 Å². The molecule has 0 unspecified atom stereocenters. The first-order valence-electron chi connectivity index (χ1n) is 9.67. The van der Waals surface area contributed by atoms with E-state index in [1.165, 1.54) is 0 Å². The van der Waals surface area contributed by atoms with Crippen LogP contribution in [-0.4, -0.2) is 30.6 Å². The second-order valence-electron chi connectivity index (χ2n) is 7.04. The molecule has 2 aromatic carbocycles. The summed E-state index contributed by atoms with van der Waals surface area (Å²) in [5.74, 6) is 1.30. The number of aryl methyl sites for hydroxylation is 2. The maximum Gasteiger partial charge on any atom is 0.260 e. The maximum atomic E-state index is 12.4. The predicted octanol–water partition coefficient (Wildman–Crippen LogP) is 5.22. The fourth-order valence-corrected chi connectivity index (χ4v) is 3.95. The van der Waals surface area contributed by atoms with Crippen LogP contribution in [0.15, 0.2) is 41.8 Å². The number of hydrogen-bond donors (Lipinski definition) is 1. The highest BCUT2D eigenvalue weighted by molar-refractivity contribution is 7.13. The molecule has 5 nitrogen and oxygen atoms in total. The number of aromatic nitrogens is 1. The Morgan fingerprint density at radius 1 is 1.17 bits per heavy atom. The number of amides is 1. The minimum Gasteiger partial charge on any atom is -0.497 e. The summed E-state index contributed by atoms with van der Waals surface area (Å²) >= 11 is 7.77. The zero-order valence-electron chi connectivity index (χ0n) is 17.5. The maximum absolute atomic E-state index is 12.4. The SMILES string of the molecule is COc1ccc(-c2nc(CCNC(=O)[C@@H](C)Oc3cc(C)c(Cl)c(C)c3)cs2)cc1. The van der Waals surface area contributed by atoms with E-state index in [0.29, 0.717) is 18.7 Å². The molecular weight excluding hydrogens is 420 g/mol. The second-order valence-corrected chi connectivity index (χ2v) is 8.28. The zero-order chi connectivity index (χ0) is 21.7. The topological polar surface area (TPSA) is 60.5 Å². The van der Waals surface area contributed by atoms with Gasteiger partial charge in [0.25, 0.3) is 5.91 Å². The molecule has 1 atom stereocenters. The van der Waals surface area contributed by atoms with Gasteiger partial charge in [-0.3, -0.25) is 4.79 Å². The third-order valence-electron chi connectivity index (χ3n) is 4.66. The first kappa shape index (κ1) is 22.1. The van der Waals surface area contributed by atoms with Gasteiger partial charge in [0.1, 0.15) is 16.5 Å². The molecule has 0 saturated carbocycles. The fraction of sp³-hybridized carbons (Fsp3) is 0.304. The summed E-state index contributed by atoms with van der Waals surface area (Å²) in [5, 5.41) is 6.60. The minimum atomic E-state index is -0.602. The van der Waals surface area contributed by atoms with Crippen molar-refractivity contribution in [1.82, 2.24) is 10.3 Å². The van der Waals surface area contributed by atoms with E-state index in [4.69, 9.17) is 21.1 Å². The molecule has 1 amide bonds. The van der Waals surface area contributed by atoms with Crippen LogP contribution in [0.2, 0.25) is 5.02 Å². The van der Waals surface area contributed by atoms with Gasteiger partial charge in [0.05, 0.1) is 12.8 Å². The van der Waals surface area contributed by atoms with Crippen molar-refractivity contribution in [2.75, 3.05) is 13.7 Å². The number of rotatable bonds is 8. The molecule has 3 rings (SSSR count). The van der Waals surface area contributed by atoms with Crippen LogP contribution in [0.5, 0.6) is 11.5 Å². The van der Waals surface area contributed by atoms with Gasteiger partial charge in [-0.25, -0.2) is 4.98 Å². The molecule has 30 heavy (non-hydrogen) atoms. The van der Waals surface area contributed by atoms with Crippen molar-refractivity contribution >= 4 is 28.8 Å². The van der Waals surface area contributed by atoms with Crippen molar-refractivity contribution in [3.63, 3.8) is 0 Å². The Morgan fingerprint density at radius 3 is 2.47 bits per heavy atom. The molecule has 0 aliphatic carbocycles. The number of benzene rings is 2. The first-order chi connectivity index (χ1) is 14.4. The van der Waals surface area contributed by atoms with Crippen LogP contribution in [0.3, 0.4) is 0 Å². The highest BCUT2D eigenvalue weighted by Crippen LogP contribution is 2.27. The van der Waals surface area contributed by atoms with E-state index < -0.39 is 6.10 Å². The average Bonchev–Trinajstić information content (AvgIpc) is 3.20. The van der Waals surface area contributed by atoms with E-state index in [0.717, 1.165) is 38.2 Å². The fourth-order valence-electron chi connectivity index (χ4n) is 2.98. The van der Waals surface area contributed by atoms with Crippen molar-refractivity contribution in [1.29, 1.82) is 0 Å². The van der Waals surface area contributed by atoms with Crippen LogP contribution < -0.4 is 14.8 Å². The van der Waals surface area contributed by atoms with Crippen molar-refractivity contribution in [2.24, 2.45) is 0 Å². The lowest BCUT2D eigenvalue weighted by Gasteiger charge is -2.16. The summed E-state index contributed by atoms with van der Waals surface area (Å²) in [6.45, 7) is 6.07. The molecule has 0 bridgehead atoms. The monoisotopic (exact) mass is 444 g/mol. The third kappa shape index (κ3) is 5.52. The highest BCUT2D eigenvalue weighted by atomic mass is 35.5. The van der Waals surface area contributed by atoms with E-state index in [-0.39, 0.29) is 5.91 Å². The molecule has 0 aliphatic rings. The number of carbonyl (C=O) groups is 1. The Labute approximate surface area is 186 Å². The summed E-state index contributed by atoms with van der Waals surface area (Å²) in [6, 6.07) is 11.5. The highest BCUT2D eigenvalue weighted by Gasteiger charge is 2.15. The molecule has 0 spiro atoms. The lowest BCUT2D eigenvalue weighted by molar-refractivity contribution is -0.127. The van der Waals surface area contributed by atoms with Gasteiger partial charge in [-0.2, -0.15) is 0 Å². The van der Waals surface area contributed by atoms with Crippen molar-refractivity contribution in [2.45, 2.75) is 33.3 Å². The zero-order valence-corrected chi connectivity index (χ0v) is 19.1. The average molecular weight is 445 g/mol. The number of nitrogens with one attached hydrogen (secondary N) is 1. The van der Waals surface area contributed by atoms with Crippen LogP contribution in [0.25, 0.3) is 10.6 Å². The van der Waals surface area contributed by atoms with Gasteiger partial charge >= 0.3 is 0 Å². The van der Waals surface area contributed by atoms with Gasteiger partial charge < -0.3 is 14.8 Å². The van der Waals surface area contributed by atoms with Gasteiger partial charge in [0, 0.05) is 28.9 Å². The van der Waals surface area contributed by atoms with Crippen LogP contribution in [0.4, 0.5) is 0 Å². The van der Waals surface area contributed by atoms with Crippen LogP contribution in [0.1, 0.15) is 23.7 Å². The largest absolute Gasteiger partial charge is 0.497 e. The minimum absolute atomic E-state index is 0.161. The Morgan fingerprint density at radius 2 is 1.83 bits per heavy atom. The van der Waals surface area contributed by atoms with Gasteiger partial charge in [-0.05, 0) is 68.3 Å². The van der Waals surface area contributed by atoms with Gasteiger partial charge in [-0.15, -0.1) is 11.3 Å². The smallest absolute Gasteiger partial charge is 0.260 e. The Bertz CT molecular complexity index is 995. The normalized spacial score (nSPS) is 11.8. The van der Waals surface area contributed by atoms with E-state index in [9.17, 15) is 4.79 Å². The Kier molecular flexibility index (Phi) is 7.34. The summed E-state index contributed by atoms with van der Waals surface area (Å²) in [4.78, 5) is 17.0. The Balaban J connectivity index is 1.50. The van der Waals surface area contributed by atoms with Crippen LogP contribution >= 0.6 is 22.9 Å². The summed E-state index contributed by atoms with van der Waals surface area (Å²) in [5.41, 5.74) is 3.85. The Hall–Kier alpha value is -2.57. The lowest BCUT2D eigenvalue weighted by atomic mass is 10.1. The van der Waals surface area contributed by atoms with Crippen LogP contribution in [0, 0.1) is 13.8 Å². The molecule has 1 heterocycles. The molecule has 1 N–H and O–H groups in total. The van der Waals surface area contributed by atoms with Crippen molar-refractivity contribution in [3.8, 4) is 22.1 Å². The van der Waals surface area contributed by atoms with Gasteiger partial charge in [0.2, 0.25) is 0 Å². The number of halogens is 1. The quantitative estimate of drug-likeness (QED) is 0.517. The molecule has 0 saturated heterocycles. The molecule has 0 aliphatic heterocycles. The number of nitrogens with zero attached hydrogens (tertiary/aromatic N) is 1.